The number of alkyl halides is 1. The van der Waals surface area contributed by atoms with Crippen molar-refractivity contribution >= 4 is 23.2 Å². The first-order valence-corrected chi connectivity index (χ1v) is 4.24. The molecule has 1 aromatic rings. The van der Waals surface area contributed by atoms with Crippen molar-refractivity contribution in [2.75, 3.05) is 0 Å². The molecule has 11 heavy (non-hydrogen) atoms. The lowest BCUT2D eigenvalue weighted by Crippen LogP contribution is -2.18. The molecule has 1 atom stereocenters. The minimum absolute atomic E-state index is 0.0205. The molecule has 0 N–H and O–H groups in total. The van der Waals surface area contributed by atoms with E-state index in [-0.39, 0.29) is 16.2 Å². The SMILES string of the molecule is CC(c1c(Cl)c1=O)C(C)(C)Cl. The van der Waals surface area contributed by atoms with Gasteiger partial charge < -0.3 is 0 Å². The van der Waals surface area contributed by atoms with E-state index in [9.17, 15) is 4.79 Å². The number of halogens is 2. The fourth-order valence-electron chi connectivity index (χ4n) is 0.891. The second kappa shape index (κ2) is 2.49. The zero-order valence-corrected chi connectivity index (χ0v) is 8.25. The lowest BCUT2D eigenvalue weighted by Gasteiger charge is -2.21. The summed E-state index contributed by atoms with van der Waals surface area (Å²) in [6.07, 6.45) is 0. The first-order chi connectivity index (χ1) is 4.85. The average Bonchev–Trinajstić information content (AvgIpc) is 2.38. The predicted molar refractivity (Wildman–Crippen MR) is 48.4 cm³/mol. The highest BCUT2D eigenvalue weighted by Gasteiger charge is 2.34. The van der Waals surface area contributed by atoms with E-state index in [1.54, 1.807) is 0 Å². The van der Waals surface area contributed by atoms with Gasteiger partial charge >= 0.3 is 0 Å². The molecule has 0 saturated heterocycles. The van der Waals surface area contributed by atoms with E-state index >= 15 is 0 Å². The van der Waals surface area contributed by atoms with E-state index in [1.165, 1.54) is 0 Å². The van der Waals surface area contributed by atoms with Crippen LogP contribution in [0, 0.1) is 0 Å². The van der Waals surface area contributed by atoms with E-state index < -0.39 is 0 Å². The lowest BCUT2D eigenvalue weighted by molar-refractivity contribution is 0.582. The van der Waals surface area contributed by atoms with Crippen LogP contribution in [0.5, 0.6) is 0 Å². The van der Waals surface area contributed by atoms with Crippen LogP contribution in [-0.4, -0.2) is 4.87 Å². The molecule has 0 saturated carbocycles. The van der Waals surface area contributed by atoms with Gasteiger partial charge in [-0.25, -0.2) is 0 Å². The van der Waals surface area contributed by atoms with Gasteiger partial charge in [0.2, 0.25) is 5.43 Å². The van der Waals surface area contributed by atoms with Gasteiger partial charge in [-0.05, 0) is 13.8 Å². The van der Waals surface area contributed by atoms with Gasteiger partial charge in [0.1, 0.15) is 0 Å². The van der Waals surface area contributed by atoms with Crippen molar-refractivity contribution in [3.63, 3.8) is 0 Å². The molecule has 0 amide bonds. The molecule has 0 aromatic heterocycles. The Morgan fingerprint density at radius 1 is 1.45 bits per heavy atom. The molecule has 0 bridgehead atoms. The summed E-state index contributed by atoms with van der Waals surface area (Å²) in [4.78, 5) is 10.5. The summed E-state index contributed by atoms with van der Waals surface area (Å²) in [5.41, 5.74) is 0.680. The maximum absolute atomic E-state index is 10.8. The molecular formula is C8H10Cl2O. The molecule has 0 spiro atoms. The van der Waals surface area contributed by atoms with Crippen molar-refractivity contribution in [3.8, 4) is 0 Å². The smallest absolute Gasteiger partial charge is 0.202 e. The van der Waals surface area contributed by atoms with Crippen molar-refractivity contribution in [2.45, 2.75) is 31.6 Å². The number of hydrogen-bond donors (Lipinski definition) is 0. The zero-order chi connectivity index (χ0) is 8.81. The maximum atomic E-state index is 10.8. The number of hydrogen-bond acceptors (Lipinski definition) is 1. The van der Waals surface area contributed by atoms with Crippen LogP contribution in [0.3, 0.4) is 0 Å². The molecule has 0 heterocycles. The van der Waals surface area contributed by atoms with Gasteiger partial charge in [-0.2, -0.15) is 0 Å². The molecule has 62 valence electrons. The molecular weight excluding hydrogens is 183 g/mol. The summed E-state index contributed by atoms with van der Waals surface area (Å²) in [6.45, 7) is 5.67. The highest BCUT2D eigenvalue weighted by Crippen LogP contribution is 2.37. The van der Waals surface area contributed by atoms with Crippen molar-refractivity contribution in [1.82, 2.24) is 0 Å². The third-order valence-electron chi connectivity index (χ3n) is 2.08. The number of rotatable bonds is 2. The van der Waals surface area contributed by atoms with Gasteiger partial charge in [0, 0.05) is 16.4 Å². The summed E-state index contributed by atoms with van der Waals surface area (Å²) < 4.78 is 0. The van der Waals surface area contributed by atoms with Gasteiger partial charge in [-0.1, -0.05) is 18.5 Å². The average molecular weight is 193 g/mol. The first-order valence-electron chi connectivity index (χ1n) is 3.49. The van der Waals surface area contributed by atoms with Gasteiger partial charge in [0.15, 0.2) is 0 Å². The van der Waals surface area contributed by atoms with E-state index in [4.69, 9.17) is 23.2 Å². The Bertz CT molecular complexity index is 276. The minimum atomic E-state index is -0.387. The predicted octanol–water partition coefficient (Wildman–Crippen LogP) is 2.70. The Kier molecular flexibility index (Phi) is 2.06. The van der Waals surface area contributed by atoms with E-state index in [0.717, 1.165) is 0 Å². The Balaban J connectivity index is 2.81. The molecule has 3 heteroatoms. The molecule has 0 fully saturated rings. The molecule has 0 radical (unpaired) electrons. The van der Waals surface area contributed by atoms with Crippen LogP contribution in [0.15, 0.2) is 4.79 Å². The van der Waals surface area contributed by atoms with E-state index in [1.807, 2.05) is 20.8 Å². The molecule has 0 aliphatic heterocycles. The van der Waals surface area contributed by atoms with E-state index in [0.29, 0.717) is 10.6 Å². The standard InChI is InChI=1S/C8H10Cl2O/c1-4(8(2,3)10)5-6(9)7(5)11/h4H,1-3H3. The van der Waals surface area contributed by atoms with Gasteiger partial charge in [-0.15, -0.1) is 11.6 Å². The minimum Gasteiger partial charge on any atom is -0.288 e. The molecule has 1 aromatic carbocycles. The second-order valence-corrected chi connectivity index (χ2v) is 4.70. The van der Waals surface area contributed by atoms with Crippen molar-refractivity contribution in [1.29, 1.82) is 0 Å². The summed E-state index contributed by atoms with van der Waals surface area (Å²) in [5, 5.41) is 0.381. The molecule has 0 aliphatic rings. The summed E-state index contributed by atoms with van der Waals surface area (Å²) >= 11 is 11.6. The highest BCUT2D eigenvalue weighted by atomic mass is 35.5. The first kappa shape index (κ1) is 9.08. The van der Waals surface area contributed by atoms with E-state index in [2.05, 4.69) is 0 Å². The Hall–Kier alpha value is -0.0100. The molecule has 0 aliphatic carbocycles. The van der Waals surface area contributed by atoms with Gasteiger partial charge in [0.05, 0.1) is 5.02 Å². The Morgan fingerprint density at radius 2 is 1.82 bits per heavy atom. The van der Waals surface area contributed by atoms with Crippen LogP contribution in [-0.2, 0) is 0 Å². The summed E-state index contributed by atoms with van der Waals surface area (Å²) in [7, 11) is 0. The third kappa shape index (κ3) is 1.60. The van der Waals surface area contributed by atoms with Crippen LogP contribution in [0.2, 0.25) is 5.02 Å². The van der Waals surface area contributed by atoms with Crippen LogP contribution in [0.1, 0.15) is 32.3 Å². The van der Waals surface area contributed by atoms with Crippen LogP contribution < -0.4 is 5.43 Å². The van der Waals surface area contributed by atoms with Crippen LogP contribution in [0.25, 0.3) is 0 Å². The molecule has 1 unspecified atom stereocenters. The van der Waals surface area contributed by atoms with Gasteiger partial charge in [-0.3, -0.25) is 4.79 Å². The second-order valence-electron chi connectivity index (χ2n) is 3.34. The van der Waals surface area contributed by atoms with Crippen molar-refractivity contribution < 1.29 is 0 Å². The Morgan fingerprint density at radius 3 is 1.91 bits per heavy atom. The topological polar surface area (TPSA) is 17.1 Å². The van der Waals surface area contributed by atoms with Crippen molar-refractivity contribution in [3.05, 3.63) is 20.8 Å². The summed E-state index contributed by atoms with van der Waals surface area (Å²) in [5.74, 6) is 0.0455. The van der Waals surface area contributed by atoms with Gasteiger partial charge in [0.25, 0.3) is 0 Å². The normalized spacial score (nSPS) is 15.7. The lowest BCUT2D eigenvalue weighted by atomic mass is 9.95. The van der Waals surface area contributed by atoms with Crippen LogP contribution >= 0.6 is 23.2 Å². The van der Waals surface area contributed by atoms with Crippen molar-refractivity contribution in [2.24, 2.45) is 0 Å². The molecule has 1 nitrogen and oxygen atoms in total. The third-order valence-corrected chi connectivity index (χ3v) is 2.78. The fourth-order valence-corrected chi connectivity index (χ4v) is 1.30. The Labute approximate surface area is 76.0 Å². The largest absolute Gasteiger partial charge is 0.288 e. The quantitative estimate of drug-likeness (QED) is 0.660. The monoisotopic (exact) mass is 192 g/mol. The summed E-state index contributed by atoms with van der Waals surface area (Å²) in [6, 6.07) is 0. The maximum Gasteiger partial charge on any atom is 0.202 e. The van der Waals surface area contributed by atoms with Crippen LogP contribution in [0.4, 0.5) is 0 Å². The zero-order valence-electron chi connectivity index (χ0n) is 6.74. The highest BCUT2D eigenvalue weighted by molar-refractivity contribution is 6.34. The fraction of sp³-hybridized carbons (Fsp3) is 0.625. The molecule has 1 rings (SSSR count).